The van der Waals surface area contributed by atoms with Crippen LogP contribution in [-0.2, 0) is 9.53 Å². The molecule has 2 saturated heterocycles. The van der Waals surface area contributed by atoms with E-state index in [9.17, 15) is 15.0 Å². The molecule has 2 unspecified atom stereocenters. The lowest BCUT2D eigenvalue weighted by Gasteiger charge is -2.29. The third-order valence-electron chi connectivity index (χ3n) is 5.02. The first kappa shape index (κ1) is 17.1. The highest BCUT2D eigenvalue weighted by molar-refractivity contribution is 5.82. The Morgan fingerprint density at radius 3 is 2.85 bits per heavy atom. The van der Waals surface area contributed by atoms with Gasteiger partial charge in [0.15, 0.2) is 17.7 Å². The van der Waals surface area contributed by atoms with E-state index in [1.807, 2.05) is 0 Å². The highest BCUT2D eigenvalue weighted by Gasteiger charge is 2.45. The summed E-state index contributed by atoms with van der Waals surface area (Å²) >= 11 is 0. The number of nitrogens with one attached hydrogen (secondary N) is 1. The summed E-state index contributed by atoms with van der Waals surface area (Å²) in [6.45, 7) is 0. The molecule has 11 nitrogen and oxygen atoms in total. The summed E-state index contributed by atoms with van der Waals surface area (Å²) < 4.78 is 7.41. The number of anilines is 1. The Hall–Kier alpha value is -2.34. The van der Waals surface area contributed by atoms with Crippen LogP contribution in [0, 0.1) is 0 Å². The summed E-state index contributed by atoms with van der Waals surface area (Å²) in [5.41, 5.74) is 12.3. The maximum Gasteiger partial charge on any atom is 0.237 e. The average molecular weight is 363 g/mol. The summed E-state index contributed by atoms with van der Waals surface area (Å²) in [5, 5.41) is 23.7. The van der Waals surface area contributed by atoms with Gasteiger partial charge in [-0.25, -0.2) is 15.0 Å². The van der Waals surface area contributed by atoms with Gasteiger partial charge in [-0.05, 0) is 19.3 Å². The van der Waals surface area contributed by atoms with Crippen molar-refractivity contribution in [2.45, 2.75) is 55.9 Å². The lowest BCUT2D eigenvalue weighted by molar-refractivity contribution is -0.125. The Balaban J connectivity index is 1.52. The first-order valence-electron chi connectivity index (χ1n) is 8.46. The number of hydrogen-bond donors (Lipinski definition) is 5. The highest BCUT2D eigenvalue weighted by atomic mass is 16.6. The van der Waals surface area contributed by atoms with Gasteiger partial charge >= 0.3 is 0 Å². The Bertz CT molecular complexity index is 827. The SMILES string of the molecule is Nc1ncnc2c1ncn2[C@@H]1O[C@H](CC2CCC(N)C(=O)N2)[C@@H](O)[C@H]1O. The van der Waals surface area contributed by atoms with Crippen LogP contribution in [-0.4, -0.2) is 66.0 Å². The lowest BCUT2D eigenvalue weighted by Crippen LogP contribution is -2.52. The molecule has 11 heteroatoms. The van der Waals surface area contributed by atoms with E-state index in [0.29, 0.717) is 30.4 Å². The van der Waals surface area contributed by atoms with Crippen LogP contribution in [0.4, 0.5) is 5.82 Å². The molecule has 6 atom stereocenters. The van der Waals surface area contributed by atoms with Gasteiger partial charge in [-0.2, -0.15) is 0 Å². The third kappa shape index (κ3) is 2.78. The maximum atomic E-state index is 11.7. The summed E-state index contributed by atoms with van der Waals surface area (Å²) in [6.07, 6.45) is 0.593. The number of carbonyl (C=O) groups is 1. The van der Waals surface area contributed by atoms with Gasteiger partial charge in [-0.1, -0.05) is 0 Å². The minimum atomic E-state index is -1.17. The van der Waals surface area contributed by atoms with E-state index >= 15 is 0 Å². The monoisotopic (exact) mass is 363 g/mol. The largest absolute Gasteiger partial charge is 0.388 e. The third-order valence-corrected chi connectivity index (χ3v) is 5.02. The van der Waals surface area contributed by atoms with Crippen molar-refractivity contribution in [2.24, 2.45) is 5.73 Å². The maximum absolute atomic E-state index is 11.7. The number of nitrogen functional groups attached to an aromatic ring is 1. The number of amides is 1. The number of piperidine rings is 1. The number of carbonyl (C=O) groups excluding carboxylic acids is 1. The fourth-order valence-electron chi connectivity index (χ4n) is 3.56. The number of hydrogen-bond acceptors (Lipinski definition) is 9. The van der Waals surface area contributed by atoms with Crippen LogP contribution in [0.1, 0.15) is 25.5 Å². The van der Waals surface area contributed by atoms with Crippen LogP contribution in [0.2, 0.25) is 0 Å². The number of fused-ring (bicyclic) bond motifs is 1. The van der Waals surface area contributed by atoms with E-state index in [1.54, 1.807) is 0 Å². The normalized spacial score (nSPS) is 35.0. The number of imidazole rings is 1. The second kappa shape index (κ2) is 6.43. The van der Waals surface area contributed by atoms with Crippen molar-refractivity contribution >= 4 is 22.9 Å². The Morgan fingerprint density at radius 2 is 2.08 bits per heavy atom. The summed E-state index contributed by atoms with van der Waals surface area (Å²) in [4.78, 5) is 23.9. The van der Waals surface area contributed by atoms with Gasteiger partial charge in [0.1, 0.15) is 24.1 Å². The number of rotatable bonds is 3. The van der Waals surface area contributed by atoms with Gasteiger partial charge < -0.3 is 31.7 Å². The number of ether oxygens (including phenoxy) is 1. The van der Waals surface area contributed by atoms with Crippen molar-refractivity contribution in [2.75, 3.05) is 5.73 Å². The Morgan fingerprint density at radius 1 is 1.27 bits per heavy atom. The fraction of sp³-hybridized carbons (Fsp3) is 0.600. The molecule has 2 fully saturated rings. The Kier molecular flexibility index (Phi) is 4.23. The zero-order valence-corrected chi connectivity index (χ0v) is 13.9. The summed E-state index contributed by atoms with van der Waals surface area (Å²) in [7, 11) is 0. The predicted molar refractivity (Wildman–Crippen MR) is 89.4 cm³/mol. The molecule has 1 amide bonds. The van der Waals surface area contributed by atoms with E-state index in [1.165, 1.54) is 17.2 Å². The van der Waals surface area contributed by atoms with Gasteiger partial charge in [-0.15, -0.1) is 0 Å². The smallest absolute Gasteiger partial charge is 0.237 e. The van der Waals surface area contributed by atoms with E-state index < -0.39 is 30.6 Å². The molecular formula is C15H21N7O4. The lowest BCUT2D eigenvalue weighted by atomic mass is 9.94. The number of aliphatic hydroxyl groups excluding tert-OH is 2. The second-order valence-corrected chi connectivity index (χ2v) is 6.75. The molecule has 0 radical (unpaired) electrons. The molecule has 0 spiro atoms. The minimum Gasteiger partial charge on any atom is -0.388 e. The molecule has 140 valence electrons. The molecule has 2 aromatic heterocycles. The van der Waals surface area contributed by atoms with Crippen molar-refractivity contribution < 1.29 is 19.7 Å². The van der Waals surface area contributed by atoms with Crippen molar-refractivity contribution in [3.63, 3.8) is 0 Å². The first-order chi connectivity index (χ1) is 12.5. The van der Waals surface area contributed by atoms with Gasteiger partial charge in [0.2, 0.25) is 5.91 Å². The molecule has 0 aromatic carbocycles. The predicted octanol–water partition coefficient (Wildman–Crippen LogP) is -1.98. The quantitative estimate of drug-likeness (QED) is 0.414. The van der Waals surface area contributed by atoms with E-state index in [2.05, 4.69) is 20.3 Å². The van der Waals surface area contributed by atoms with Crippen LogP contribution < -0.4 is 16.8 Å². The molecular weight excluding hydrogens is 342 g/mol. The number of nitrogens with zero attached hydrogens (tertiary/aromatic N) is 4. The topological polar surface area (TPSA) is 174 Å². The summed E-state index contributed by atoms with van der Waals surface area (Å²) in [6, 6.07) is -0.660. The standard InChI is InChI=1S/C15H21N7O4/c16-7-2-1-6(21-14(7)25)3-8-10(23)11(24)15(26-8)22-5-20-9-12(17)18-4-19-13(9)22/h4-8,10-11,15,23-24H,1-3,16H2,(H,21,25)(H2,17,18,19)/t6?,7?,8-,10-,11-,15-/m1/s1. The second-order valence-electron chi connectivity index (χ2n) is 6.75. The fourth-order valence-corrected chi connectivity index (χ4v) is 3.56. The van der Waals surface area contributed by atoms with E-state index in [-0.39, 0.29) is 17.8 Å². The van der Waals surface area contributed by atoms with Crippen LogP contribution in [0.25, 0.3) is 11.2 Å². The van der Waals surface area contributed by atoms with Crippen molar-refractivity contribution in [3.05, 3.63) is 12.7 Å². The van der Waals surface area contributed by atoms with Crippen molar-refractivity contribution in [1.82, 2.24) is 24.8 Å². The number of nitrogens with two attached hydrogens (primary N) is 2. The average Bonchev–Trinajstić information content (AvgIpc) is 3.16. The molecule has 4 heterocycles. The number of aromatic nitrogens is 4. The van der Waals surface area contributed by atoms with Gasteiger partial charge in [-0.3, -0.25) is 9.36 Å². The molecule has 7 N–H and O–H groups in total. The van der Waals surface area contributed by atoms with Crippen molar-refractivity contribution in [1.29, 1.82) is 0 Å². The van der Waals surface area contributed by atoms with Crippen LogP contribution in [0.3, 0.4) is 0 Å². The van der Waals surface area contributed by atoms with Crippen LogP contribution in [0.5, 0.6) is 0 Å². The van der Waals surface area contributed by atoms with E-state index in [0.717, 1.165) is 0 Å². The summed E-state index contributed by atoms with van der Waals surface area (Å²) in [5.74, 6) is 0.0122. The highest BCUT2D eigenvalue weighted by Crippen LogP contribution is 2.34. The van der Waals surface area contributed by atoms with E-state index in [4.69, 9.17) is 16.2 Å². The first-order valence-corrected chi connectivity index (χ1v) is 8.46. The molecule has 4 rings (SSSR count). The number of aliphatic hydroxyl groups is 2. The minimum absolute atomic E-state index is 0.162. The van der Waals surface area contributed by atoms with Crippen molar-refractivity contribution in [3.8, 4) is 0 Å². The van der Waals surface area contributed by atoms with Gasteiger partial charge in [0.25, 0.3) is 0 Å². The Labute approximate surface area is 148 Å². The molecule has 0 saturated carbocycles. The van der Waals surface area contributed by atoms with Gasteiger partial charge in [0.05, 0.1) is 18.5 Å². The molecule has 2 aliphatic rings. The van der Waals surface area contributed by atoms with Gasteiger partial charge in [0, 0.05) is 6.04 Å². The zero-order valence-electron chi connectivity index (χ0n) is 13.9. The van der Waals surface area contributed by atoms with Crippen LogP contribution in [0.15, 0.2) is 12.7 Å². The molecule has 2 aliphatic heterocycles. The van der Waals surface area contributed by atoms with Crippen LogP contribution >= 0.6 is 0 Å². The zero-order chi connectivity index (χ0) is 18.4. The molecule has 2 aromatic rings. The molecule has 0 aliphatic carbocycles. The molecule has 0 bridgehead atoms. The molecule has 26 heavy (non-hydrogen) atoms.